The first-order valence-electron chi connectivity index (χ1n) is 6.23. The van der Waals surface area contributed by atoms with Gasteiger partial charge in [-0.25, -0.2) is 13.8 Å². The zero-order valence-corrected chi connectivity index (χ0v) is 13.5. The fourth-order valence-corrected chi connectivity index (χ4v) is 4.50. The summed E-state index contributed by atoms with van der Waals surface area (Å²) in [5.74, 6) is -4.87. The van der Waals surface area contributed by atoms with Crippen LogP contribution in [0, 0.1) is 5.92 Å². The molecule has 1 amide bonds. The minimum absolute atomic E-state index is 0.426. The van der Waals surface area contributed by atoms with Gasteiger partial charge in [-0.1, -0.05) is 0 Å². The number of amides is 1. The summed E-state index contributed by atoms with van der Waals surface area (Å²) in [6.45, 7) is 1.23. The molecule has 2 heterocycles. The van der Waals surface area contributed by atoms with Crippen molar-refractivity contribution in [1.82, 2.24) is 4.90 Å². The fourth-order valence-electron chi connectivity index (χ4n) is 2.98. The second-order valence-corrected chi connectivity index (χ2v) is 7.01. The molecule has 0 spiro atoms. The number of fused-ring (bicyclic) bond motifs is 1. The Morgan fingerprint density at radius 1 is 1.30 bits per heavy atom. The van der Waals surface area contributed by atoms with Gasteiger partial charge in [0.05, 0.1) is 28.9 Å². The van der Waals surface area contributed by atoms with Gasteiger partial charge in [-0.05, 0) is 13.2 Å². The van der Waals surface area contributed by atoms with Crippen LogP contribution in [0.15, 0.2) is 11.3 Å². The van der Waals surface area contributed by atoms with Gasteiger partial charge in [0, 0.05) is 0 Å². The number of nitrogens with zero attached hydrogens (tertiary/aromatic N) is 1. The van der Waals surface area contributed by atoms with E-state index in [1.165, 1.54) is 6.92 Å². The summed E-state index contributed by atoms with van der Waals surface area (Å²) in [6, 6.07) is -0.869. The van der Waals surface area contributed by atoms with E-state index in [0.29, 0.717) is 0 Å². The van der Waals surface area contributed by atoms with Gasteiger partial charge in [0.2, 0.25) is 5.91 Å². The molecule has 0 aromatic carbocycles. The predicted molar refractivity (Wildman–Crippen MR) is 75.8 cm³/mol. The second-order valence-electron chi connectivity index (χ2n) is 4.98. The van der Waals surface area contributed by atoms with Crippen molar-refractivity contribution in [3.63, 3.8) is 0 Å². The van der Waals surface area contributed by atoms with Gasteiger partial charge in [0.25, 0.3) is 0 Å². The Morgan fingerprint density at radius 2 is 1.87 bits per heavy atom. The van der Waals surface area contributed by atoms with Crippen LogP contribution >= 0.6 is 11.8 Å². The number of β-lactam (4-membered cyclic amide) rings is 1. The molecule has 1 saturated heterocycles. The van der Waals surface area contributed by atoms with Crippen molar-refractivity contribution in [1.29, 1.82) is 0 Å². The topological polar surface area (TPSA) is 159 Å². The fraction of sp³-hybridized carbons (Fsp3) is 0.545. The first-order valence-corrected chi connectivity index (χ1v) is 8.88. The lowest BCUT2D eigenvalue weighted by atomic mass is 9.82. The lowest BCUT2D eigenvalue weighted by molar-refractivity contribution is -0.159. The van der Waals surface area contributed by atoms with Gasteiger partial charge in [-0.3, -0.25) is 14.2 Å². The summed E-state index contributed by atoms with van der Waals surface area (Å²) in [5.41, 5.74) is -1.05. The lowest BCUT2D eigenvalue weighted by Crippen LogP contribution is -2.65. The SMILES string of the molecule is CSC1C(C(=O)O)=C(C(=O)O)N2C(=O)C(C(C)OS(=O)(=O)O)C12. The molecule has 0 aromatic rings. The molecule has 0 aliphatic carbocycles. The Hall–Kier alpha value is -1.63. The molecule has 12 heteroatoms. The van der Waals surface area contributed by atoms with Crippen molar-refractivity contribution < 1.29 is 41.8 Å². The highest BCUT2D eigenvalue weighted by atomic mass is 32.3. The predicted octanol–water partition coefficient (Wildman–Crippen LogP) is -0.810. The smallest absolute Gasteiger partial charge is 0.397 e. The van der Waals surface area contributed by atoms with E-state index in [1.807, 2.05) is 0 Å². The first-order chi connectivity index (χ1) is 10.5. The number of aliphatic carboxylic acids is 2. The summed E-state index contributed by atoms with van der Waals surface area (Å²) in [4.78, 5) is 35.7. The highest BCUT2D eigenvalue weighted by Gasteiger charge is 2.63. The number of carbonyl (C=O) groups is 3. The number of hydrogen-bond acceptors (Lipinski definition) is 7. The molecule has 2 aliphatic heterocycles. The normalized spacial score (nSPS) is 28.4. The van der Waals surface area contributed by atoms with Crippen molar-refractivity contribution in [2.75, 3.05) is 6.26 Å². The van der Waals surface area contributed by atoms with Gasteiger partial charge >= 0.3 is 22.3 Å². The summed E-state index contributed by atoms with van der Waals surface area (Å²) < 4.78 is 34.6. The highest BCUT2D eigenvalue weighted by molar-refractivity contribution is 7.99. The molecule has 0 radical (unpaired) electrons. The number of thioether (sulfide) groups is 1. The maximum atomic E-state index is 12.2. The molecule has 4 atom stereocenters. The average Bonchev–Trinajstić information content (AvgIpc) is 2.67. The number of carbonyl (C=O) groups excluding carboxylic acids is 1. The van der Waals surface area contributed by atoms with E-state index < -0.39 is 62.8 Å². The van der Waals surface area contributed by atoms with Gasteiger partial charge in [0.1, 0.15) is 5.70 Å². The third-order valence-corrected chi connectivity index (χ3v) is 5.31. The Bertz CT molecular complexity index is 713. The number of rotatable bonds is 6. The van der Waals surface area contributed by atoms with E-state index >= 15 is 0 Å². The second kappa shape index (κ2) is 5.78. The maximum Gasteiger partial charge on any atom is 0.397 e. The van der Waals surface area contributed by atoms with Crippen molar-refractivity contribution >= 4 is 40.0 Å². The van der Waals surface area contributed by atoms with Crippen molar-refractivity contribution in [3.8, 4) is 0 Å². The number of hydrogen-bond donors (Lipinski definition) is 3. The third kappa shape index (κ3) is 2.82. The summed E-state index contributed by atoms with van der Waals surface area (Å²) >= 11 is 1.03. The molecule has 0 aromatic heterocycles. The van der Waals surface area contributed by atoms with E-state index in [1.54, 1.807) is 6.26 Å². The Balaban J connectivity index is 2.41. The van der Waals surface area contributed by atoms with Crippen LogP contribution in [0.2, 0.25) is 0 Å². The van der Waals surface area contributed by atoms with Gasteiger partial charge in [0.15, 0.2) is 0 Å². The highest BCUT2D eigenvalue weighted by Crippen LogP contribution is 2.48. The molecule has 2 rings (SSSR count). The Kier molecular flexibility index (Phi) is 4.45. The third-order valence-electron chi connectivity index (χ3n) is 3.75. The first kappa shape index (κ1) is 17.7. The molecule has 1 fully saturated rings. The summed E-state index contributed by atoms with van der Waals surface area (Å²) in [5, 5.41) is 17.6. The monoisotopic (exact) mass is 367 g/mol. The molecular formula is C11H13NO9S2. The quantitative estimate of drug-likeness (QED) is 0.400. The lowest BCUT2D eigenvalue weighted by Gasteiger charge is -2.47. The van der Waals surface area contributed by atoms with E-state index in [-0.39, 0.29) is 0 Å². The van der Waals surface area contributed by atoms with Crippen LogP contribution in [0.3, 0.4) is 0 Å². The molecule has 0 saturated carbocycles. The molecule has 0 bridgehead atoms. The summed E-state index contributed by atoms with van der Waals surface area (Å²) in [7, 11) is -4.80. The van der Waals surface area contributed by atoms with Crippen LogP contribution in [-0.4, -0.2) is 69.6 Å². The van der Waals surface area contributed by atoms with Crippen molar-refractivity contribution in [2.24, 2.45) is 5.92 Å². The molecule has 23 heavy (non-hydrogen) atoms. The van der Waals surface area contributed by atoms with E-state index in [4.69, 9.17) is 4.55 Å². The Morgan fingerprint density at radius 3 is 2.26 bits per heavy atom. The van der Waals surface area contributed by atoms with Crippen LogP contribution in [-0.2, 0) is 29.0 Å². The molecule has 10 nitrogen and oxygen atoms in total. The summed E-state index contributed by atoms with van der Waals surface area (Å²) in [6.07, 6.45) is 0.279. The van der Waals surface area contributed by atoms with E-state index in [0.717, 1.165) is 16.7 Å². The zero-order valence-electron chi connectivity index (χ0n) is 11.9. The minimum atomic E-state index is -4.80. The zero-order chi connectivity index (χ0) is 17.7. The van der Waals surface area contributed by atoms with Crippen LogP contribution in [0.5, 0.6) is 0 Å². The largest absolute Gasteiger partial charge is 0.478 e. The van der Waals surface area contributed by atoms with E-state index in [2.05, 4.69) is 4.18 Å². The Labute approximate surface area is 135 Å². The molecule has 128 valence electrons. The van der Waals surface area contributed by atoms with Crippen LogP contribution in [0.4, 0.5) is 0 Å². The number of carboxylic acid groups (broad SMARTS) is 2. The van der Waals surface area contributed by atoms with Crippen LogP contribution in [0.1, 0.15) is 6.92 Å². The van der Waals surface area contributed by atoms with E-state index in [9.17, 15) is 33.0 Å². The molecule has 3 N–H and O–H groups in total. The standard InChI is InChI=1S/C11H13NO9S2/c1-3(21-23(18,19)20)4-6-8(22-2)5(10(14)15)7(11(16)17)12(6)9(4)13/h3-4,6,8H,1-2H3,(H,14,15)(H,16,17)(H,18,19,20). The van der Waals surface area contributed by atoms with Gasteiger partial charge in [-0.2, -0.15) is 20.2 Å². The van der Waals surface area contributed by atoms with Gasteiger partial charge in [-0.15, -0.1) is 0 Å². The molecule has 2 aliphatic rings. The molecular weight excluding hydrogens is 354 g/mol. The van der Waals surface area contributed by atoms with Crippen molar-refractivity contribution in [2.45, 2.75) is 24.3 Å². The van der Waals surface area contributed by atoms with Crippen LogP contribution < -0.4 is 0 Å². The minimum Gasteiger partial charge on any atom is -0.478 e. The number of carboxylic acids is 2. The van der Waals surface area contributed by atoms with Crippen molar-refractivity contribution in [3.05, 3.63) is 11.3 Å². The average molecular weight is 367 g/mol. The maximum absolute atomic E-state index is 12.2. The molecule has 4 unspecified atom stereocenters. The van der Waals surface area contributed by atoms with Gasteiger partial charge < -0.3 is 10.2 Å². The van der Waals surface area contributed by atoms with Crippen LogP contribution in [0.25, 0.3) is 0 Å².